The molecule has 1 nitrogen and oxygen atoms in total. The highest BCUT2D eigenvalue weighted by Crippen LogP contribution is 2.36. The van der Waals surface area contributed by atoms with Crippen LogP contribution in [0.1, 0.15) is 53.4 Å². The van der Waals surface area contributed by atoms with Gasteiger partial charge in [-0.3, -0.25) is 0 Å². The van der Waals surface area contributed by atoms with Gasteiger partial charge in [-0.15, -0.1) is 0 Å². The molecule has 0 bridgehead atoms. The molecule has 1 heteroatoms. The first kappa shape index (κ1) is 13.0. The van der Waals surface area contributed by atoms with Gasteiger partial charge in [0.25, 0.3) is 0 Å². The van der Waals surface area contributed by atoms with Crippen LogP contribution in [0.2, 0.25) is 0 Å². The molecule has 0 saturated heterocycles. The van der Waals surface area contributed by atoms with Crippen LogP contribution in [0, 0.1) is 23.7 Å². The summed E-state index contributed by atoms with van der Waals surface area (Å²) in [5, 5.41) is 3.64. The van der Waals surface area contributed by atoms with Crippen molar-refractivity contribution in [1.82, 2.24) is 5.32 Å². The highest BCUT2D eigenvalue weighted by atomic mass is 14.9. The van der Waals surface area contributed by atoms with Gasteiger partial charge in [0.05, 0.1) is 0 Å². The summed E-state index contributed by atoms with van der Waals surface area (Å²) in [6.07, 6.45) is 5.86. The van der Waals surface area contributed by atoms with E-state index >= 15 is 0 Å². The zero-order chi connectivity index (χ0) is 11.3. The molecular formula is C14H29N. The van der Waals surface area contributed by atoms with E-state index in [1.54, 1.807) is 0 Å². The second kappa shape index (κ2) is 6.52. The first-order valence-corrected chi connectivity index (χ1v) is 6.80. The Morgan fingerprint density at radius 2 is 1.67 bits per heavy atom. The fourth-order valence-electron chi connectivity index (χ4n) is 2.52. The van der Waals surface area contributed by atoms with Gasteiger partial charge in [-0.25, -0.2) is 0 Å². The van der Waals surface area contributed by atoms with E-state index in [2.05, 4.69) is 33.0 Å². The van der Waals surface area contributed by atoms with Crippen LogP contribution >= 0.6 is 0 Å². The highest BCUT2D eigenvalue weighted by Gasteiger charge is 2.27. The van der Waals surface area contributed by atoms with Gasteiger partial charge in [0, 0.05) is 0 Å². The SMILES string of the molecule is CC(C)CNCC(CC(C)C)C1CCC1. The molecule has 15 heavy (non-hydrogen) atoms. The van der Waals surface area contributed by atoms with Crippen molar-refractivity contribution in [3.63, 3.8) is 0 Å². The molecule has 1 aliphatic rings. The third kappa shape index (κ3) is 5.01. The minimum atomic E-state index is 0.783. The molecule has 0 amide bonds. The summed E-state index contributed by atoms with van der Waals surface area (Å²) < 4.78 is 0. The number of hydrogen-bond donors (Lipinski definition) is 1. The van der Waals surface area contributed by atoms with Gasteiger partial charge in [-0.2, -0.15) is 0 Å². The van der Waals surface area contributed by atoms with Crippen molar-refractivity contribution in [2.24, 2.45) is 23.7 Å². The maximum atomic E-state index is 3.64. The van der Waals surface area contributed by atoms with E-state index in [0.717, 1.165) is 23.7 Å². The maximum Gasteiger partial charge on any atom is -0.00177 e. The Hall–Kier alpha value is -0.0400. The van der Waals surface area contributed by atoms with Gasteiger partial charge >= 0.3 is 0 Å². The Morgan fingerprint density at radius 3 is 2.07 bits per heavy atom. The molecule has 0 aromatic carbocycles. The lowest BCUT2D eigenvalue weighted by molar-refractivity contribution is 0.175. The van der Waals surface area contributed by atoms with Crippen LogP contribution in [0.15, 0.2) is 0 Å². The van der Waals surface area contributed by atoms with Crippen LogP contribution < -0.4 is 5.32 Å². The molecule has 1 unspecified atom stereocenters. The Morgan fingerprint density at radius 1 is 1.00 bits per heavy atom. The Balaban J connectivity index is 2.22. The van der Waals surface area contributed by atoms with Gasteiger partial charge in [0.15, 0.2) is 0 Å². The normalized spacial score (nSPS) is 19.6. The zero-order valence-electron chi connectivity index (χ0n) is 11.1. The Kier molecular flexibility index (Phi) is 5.66. The first-order chi connectivity index (χ1) is 7.09. The Labute approximate surface area is 96.0 Å². The van der Waals surface area contributed by atoms with Crippen molar-refractivity contribution >= 4 is 0 Å². The van der Waals surface area contributed by atoms with E-state index in [4.69, 9.17) is 0 Å². The molecule has 1 fully saturated rings. The van der Waals surface area contributed by atoms with E-state index in [-0.39, 0.29) is 0 Å². The van der Waals surface area contributed by atoms with Crippen LogP contribution in [-0.4, -0.2) is 13.1 Å². The van der Waals surface area contributed by atoms with Crippen LogP contribution in [0.4, 0.5) is 0 Å². The minimum absolute atomic E-state index is 0.783. The first-order valence-electron chi connectivity index (χ1n) is 6.80. The van der Waals surface area contributed by atoms with Crippen molar-refractivity contribution < 1.29 is 0 Å². The largest absolute Gasteiger partial charge is 0.316 e. The molecule has 0 heterocycles. The summed E-state index contributed by atoms with van der Waals surface area (Å²) in [4.78, 5) is 0. The topological polar surface area (TPSA) is 12.0 Å². The van der Waals surface area contributed by atoms with E-state index < -0.39 is 0 Å². The van der Waals surface area contributed by atoms with Crippen molar-refractivity contribution in [2.75, 3.05) is 13.1 Å². The molecule has 0 radical (unpaired) electrons. The summed E-state index contributed by atoms with van der Waals surface area (Å²) in [6.45, 7) is 11.7. The van der Waals surface area contributed by atoms with Crippen LogP contribution in [0.25, 0.3) is 0 Å². The molecule has 0 aromatic heterocycles. The van der Waals surface area contributed by atoms with Crippen molar-refractivity contribution in [2.45, 2.75) is 53.4 Å². The number of rotatable bonds is 7. The second-order valence-corrected chi connectivity index (χ2v) is 6.13. The molecule has 0 spiro atoms. The molecule has 90 valence electrons. The summed E-state index contributed by atoms with van der Waals surface area (Å²) in [7, 11) is 0. The van der Waals surface area contributed by atoms with Crippen LogP contribution in [0.3, 0.4) is 0 Å². The fourth-order valence-corrected chi connectivity index (χ4v) is 2.52. The van der Waals surface area contributed by atoms with E-state index in [1.807, 2.05) is 0 Å². The highest BCUT2D eigenvalue weighted by molar-refractivity contribution is 4.80. The lowest BCUT2D eigenvalue weighted by Crippen LogP contribution is -2.34. The van der Waals surface area contributed by atoms with E-state index in [0.29, 0.717) is 0 Å². The van der Waals surface area contributed by atoms with Gasteiger partial charge in [0.2, 0.25) is 0 Å². The van der Waals surface area contributed by atoms with Crippen LogP contribution in [-0.2, 0) is 0 Å². The third-order valence-corrected chi connectivity index (χ3v) is 3.55. The van der Waals surface area contributed by atoms with Gasteiger partial charge in [-0.05, 0) is 43.2 Å². The smallest absolute Gasteiger partial charge is 0.00177 e. The quantitative estimate of drug-likeness (QED) is 0.677. The van der Waals surface area contributed by atoms with Gasteiger partial charge < -0.3 is 5.32 Å². The van der Waals surface area contributed by atoms with E-state index in [1.165, 1.54) is 38.8 Å². The predicted octanol–water partition coefficient (Wildman–Crippen LogP) is 3.69. The fraction of sp³-hybridized carbons (Fsp3) is 1.00. The predicted molar refractivity (Wildman–Crippen MR) is 68.0 cm³/mol. The van der Waals surface area contributed by atoms with Gasteiger partial charge in [-0.1, -0.05) is 47.0 Å². The number of hydrogen-bond acceptors (Lipinski definition) is 1. The standard InChI is InChI=1S/C14H29N/c1-11(2)8-14(13-6-5-7-13)10-15-9-12(3)4/h11-15H,5-10H2,1-4H3. The third-order valence-electron chi connectivity index (χ3n) is 3.55. The van der Waals surface area contributed by atoms with Crippen LogP contribution in [0.5, 0.6) is 0 Å². The molecule has 1 N–H and O–H groups in total. The average molecular weight is 211 g/mol. The lowest BCUT2D eigenvalue weighted by Gasteiger charge is -2.35. The molecule has 1 atom stereocenters. The average Bonchev–Trinajstić information content (AvgIpc) is 1.98. The lowest BCUT2D eigenvalue weighted by atomic mass is 9.73. The molecule has 0 aromatic rings. The number of nitrogens with one attached hydrogen (secondary N) is 1. The molecule has 1 rings (SSSR count). The monoisotopic (exact) mass is 211 g/mol. The zero-order valence-corrected chi connectivity index (χ0v) is 11.1. The van der Waals surface area contributed by atoms with Crippen molar-refractivity contribution in [1.29, 1.82) is 0 Å². The summed E-state index contributed by atoms with van der Waals surface area (Å²) in [5.74, 6) is 3.62. The maximum absolute atomic E-state index is 3.64. The van der Waals surface area contributed by atoms with Crippen molar-refractivity contribution in [3.05, 3.63) is 0 Å². The minimum Gasteiger partial charge on any atom is -0.316 e. The summed E-state index contributed by atoms with van der Waals surface area (Å²) >= 11 is 0. The summed E-state index contributed by atoms with van der Waals surface area (Å²) in [6, 6.07) is 0. The van der Waals surface area contributed by atoms with Crippen molar-refractivity contribution in [3.8, 4) is 0 Å². The summed E-state index contributed by atoms with van der Waals surface area (Å²) in [5.41, 5.74) is 0. The second-order valence-electron chi connectivity index (χ2n) is 6.13. The van der Waals surface area contributed by atoms with E-state index in [9.17, 15) is 0 Å². The molecule has 1 aliphatic carbocycles. The molecule has 1 saturated carbocycles. The van der Waals surface area contributed by atoms with Gasteiger partial charge in [0.1, 0.15) is 0 Å². The molecule has 0 aliphatic heterocycles. The molecular weight excluding hydrogens is 182 g/mol. The Bertz CT molecular complexity index is 159.